The number of aryl methyl sites for hydroxylation is 1. The second-order valence-corrected chi connectivity index (χ2v) is 5.95. The monoisotopic (exact) mass is 353 g/mol. The Morgan fingerprint density at radius 1 is 1.35 bits per heavy atom. The largest absolute Gasteiger partial charge is 0.469 e. The molecule has 1 amide bonds. The van der Waals surface area contributed by atoms with Gasteiger partial charge in [0.15, 0.2) is 0 Å². The van der Waals surface area contributed by atoms with E-state index in [4.69, 9.17) is 16.3 Å². The normalized spacial score (nSPS) is 11.8. The highest BCUT2D eigenvalue weighted by atomic mass is 35.5. The highest BCUT2D eigenvalue weighted by molar-refractivity contribution is 7.08. The fourth-order valence-corrected chi connectivity index (χ4v) is 2.81. The van der Waals surface area contributed by atoms with Gasteiger partial charge in [-0.1, -0.05) is 35.1 Å². The summed E-state index contributed by atoms with van der Waals surface area (Å²) < 4.78 is 8.51. The quantitative estimate of drug-likeness (QED) is 0.807. The maximum absolute atomic E-state index is 12.4. The van der Waals surface area contributed by atoms with Gasteiger partial charge in [0.2, 0.25) is 0 Å². The van der Waals surface area contributed by atoms with E-state index in [2.05, 4.69) is 14.9 Å². The molecule has 1 N–H and O–H groups in total. The van der Waals surface area contributed by atoms with Gasteiger partial charge in [0.05, 0.1) is 25.3 Å². The Morgan fingerprint density at radius 2 is 2.04 bits per heavy atom. The number of ether oxygens (including phenoxy) is 1. The summed E-state index contributed by atoms with van der Waals surface area (Å²) in [7, 11) is 1.31. The number of benzene rings is 1. The first kappa shape index (κ1) is 17.4. The third-order valence-electron chi connectivity index (χ3n) is 3.27. The molecule has 23 heavy (non-hydrogen) atoms. The molecule has 8 heteroatoms. The van der Waals surface area contributed by atoms with Crippen molar-refractivity contribution in [2.24, 2.45) is 0 Å². The minimum atomic E-state index is -0.515. The molecule has 0 saturated heterocycles. The molecule has 0 bridgehead atoms. The topological polar surface area (TPSA) is 81.2 Å². The Labute approximate surface area is 143 Å². The van der Waals surface area contributed by atoms with Crippen LogP contribution in [-0.4, -0.2) is 28.6 Å². The first-order valence-corrected chi connectivity index (χ1v) is 8.14. The second kappa shape index (κ2) is 8.03. The zero-order valence-corrected chi connectivity index (χ0v) is 14.3. The summed E-state index contributed by atoms with van der Waals surface area (Å²) in [4.78, 5) is 24.5. The molecular formula is C15H16ClN3O3S. The van der Waals surface area contributed by atoms with Crippen LogP contribution in [0.4, 0.5) is 0 Å². The van der Waals surface area contributed by atoms with Crippen LogP contribution in [-0.2, 0) is 16.0 Å². The van der Waals surface area contributed by atoms with Crippen LogP contribution in [0.25, 0.3) is 0 Å². The molecular weight excluding hydrogens is 338 g/mol. The fraction of sp³-hybridized carbons (Fsp3) is 0.333. The molecule has 2 aromatic rings. The Kier molecular flexibility index (Phi) is 6.06. The van der Waals surface area contributed by atoms with Gasteiger partial charge in [0.25, 0.3) is 5.91 Å². The van der Waals surface area contributed by atoms with E-state index < -0.39 is 12.0 Å². The number of aromatic nitrogens is 2. The van der Waals surface area contributed by atoms with Crippen molar-refractivity contribution in [1.29, 1.82) is 0 Å². The third-order valence-corrected chi connectivity index (χ3v) is 4.29. The molecule has 0 aliphatic heterocycles. The fourth-order valence-electron chi connectivity index (χ4n) is 2.03. The molecule has 0 aliphatic rings. The van der Waals surface area contributed by atoms with Crippen LogP contribution in [0.2, 0.25) is 5.02 Å². The molecule has 1 atom stereocenters. The number of nitrogens with one attached hydrogen (secondary N) is 1. The van der Waals surface area contributed by atoms with Crippen molar-refractivity contribution in [3.8, 4) is 0 Å². The SMILES string of the molecule is CCc1nnsc1C(=O)NC(CC(=O)OC)c1ccc(Cl)cc1. The molecule has 1 heterocycles. The summed E-state index contributed by atoms with van der Waals surface area (Å²) in [6.07, 6.45) is 0.638. The van der Waals surface area contributed by atoms with Crippen LogP contribution < -0.4 is 5.32 Å². The Hall–Kier alpha value is -1.99. The van der Waals surface area contributed by atoms with Crippen molar-refractivity contribution in [3.05, 3.63) is 45.4 Å². The van der Waals surface area contributed by atoms with Crippen molar-refractivity contribution in [3.63, 3.8) is 0 Å². The standard InChI is InChI=1S/C15H16ClN3O3S/c1-3-11-14(23-19-18-11)15(21)17-12(8-13(20)22-2)9-4-6-10(16)7-5-9/h4-7,12H,3,8H2,1-2H3,(H,17,21). The maximum Gasteiger partial charge on any atom is 0.307 e. The van der Waals surface area contributed by atoms with Gasteiger partial charge >= 0.3 is 5.97 Å². The van der Waals surface area contributed by atoms with Crippen LogP contribution in [0.3, 0.4) is 0 Å². The Bertz CT molecular complexity index is 688. The van der Waals surface area contributed by atoms with E-state index in [1.807, 2.05) is 6.92 Å². The van der Waals surface area contributed by atoms with E-state index in [1.165, 1.54) is 7.11 Å². The first-order valence-electron chi connectivity index (χ1n) is 6.99. The summed E-state index contributed by atoms with van der Waals surface area (Å²) in [5.41, 5.74) is 1.41. The second-order valence-electron chi connectivity index (χ2n) is 4.76. The van der Waals surface area contributed by atoms with Gasteiger partial charge in [0, 0.05) is 5.02 Å². The highest BCUT2D eigenvalue weighted by Gasteiger charge is 2.22. The van der Waals surface area contributed by atoms with Gasteiger partial charge < -0.3 is 10.1 Å². The van der Waals surface area contributed by atoms with E-state index in [1.54, 1.807) is 24.3 Å². The molecule has 2 rings (SSSR count). The number of carbonyl (C=O) groups excluding carboxylic acids is 2. The van der Waals surface area contributed by atoms with Crippen molar-refractivity contribution >= 4 is 35.0 Å². The average Bonchev–Trinajstić information content (AvgIpc) is 3.03. The third kappa shape index (κ3) is 4.49. The number of hydrogen-bond donors (Lipinski definition) is 1. The lowest BCUT2D eigenvalue weighted by molar-refractivity contribution is -0.141. The Balaban J connectivity index is 2.21. The molecule has 1 unspecified atom stereocenters. The predicted molar refractivity (Wildman–Crippen MR) is 87.6 cm³/mol. The molecule has 6 nitrogen and oxygen atoms in total. The van der Waals surface area contributed by atoms with Crippen molar-refractivity contribution in [2.75, 3.05) is 7.11 Å². The minimum absolute atomic E-state index is 0.0254. The summed E-state index contributed by atoms with van der Waals surface area (Å²) in [5, 5.41) is 7.35. The van der Waals surface area contributed by atoms with E-state index >= 15 is 0 Å². The molecule has 0 saturated carbocycles. The highest BCUT2D eigenvalue weighted by Crippen LogP contribution is 2.21. The van der Waals surface area contributed by atoms with E-state index in [0.29, 0.717) is 22.0 Å². The van der Waals surface area contributed by atoms with Crippen LogP contribution in [0.15, 0.2) is 24.3 Å². The van der Waals surface area contributed by atoms with Gasteiger partial charge in [-0.05, 0) is 35.6 Å². The zero-order chi connectivity index (χ0) is 16.8. The summed E-state index contributed by atoms with van der Waals surface area (Å²) in [6, 6.07) is 6.43. The molecule has 1 aromatic heterocycles. The predicted octanol–water partition coefficient (Wildman–Crippen LogP) is 2.79. The number of methoxy groups -OCH3 is 1. The van der Waals surface area contributed by atoms with Crippen LogP contribution in [0, 0.1) is 0 Å². The average molecular weight is 354 g/mol. The molecule has 0 aliphatic carbocycles. The van der Waals surface area contributed by atoms with E-state index in [0.717, 1.165) is 17.1 Å². The van der Waals surface area contributed by atoms with Gasteiger partial charge in [-0.3, -0.25) is 9.59 Å². The maximum atomic E-state index is 12.4. The van der Waals surface area contributed by atoms with Gasteiger partial charge in [-0.25, -0.2) is 0 Å². The lowest BCUT2D eigenvalue weighted by atomic mass is 10.0. The van der Waals surface area contributed by atoms with Crippen LogP contribution in [0.5, 0.6) is 0 Å². The zero-order valence-electron chi connectivity index (χ0n) is 12.7. The van der Waals surface area contributed by atoms with Crippen LogP contribution in [0.1, 0.15) is 40.3 Å². The molecule has 1 aromatic carbocycles. The lowest BCUT2D eigenvalue weighted by Crippen LogP contribution is -2.30. The Morgan fingerprint density at radius 3 is 2.65 bits per heavy atom. The molecule has 122 valence electrons. The van der Waals surface area contributed by atoms with Gasteiger partial charge in [0.1, 0.15) is 4.88 Å². The van der Waals surface area contributed by atoms with Crippen molar-refractivity contribution < 1.29 is 14.3 Å². The number of esters is 1. The smallest absolute Gasteiger partial charge is 0.307 e. The number of amides is 1. The first-order chi connectivity index (χ1) is 11.0. The molecule has 0 fully saturated rings. The molecule has 0 spiro atoms. The minimum Gasteiger partial charge on any atom is -0.469 e. The number of nitrogens with zero attached hydrogens (tertiary/aromatic N) is 2. The van der Waals surface area contributed by atoms with Crippen molar-refractivity contribution in [2.45, 2.75) is 25.8 Å². The number of halogens is 1. The van der Waals surface area contributed by atoms with Gasteiger partial charge in [-0.2, -0.15) is 0 Å². The van der Waals surface area contributed by atoms with Crippen LogP contribution >= 0.6 is 23.1 Å². The number of carbonyl (C=O) groups is 2. The van der Waals surface area contributed by atoms with E-state index in [-0.39, 0.29) is 12.3 Å². The summed E-state index contributed by atoms with van der Waals surface area (Å²) >= 11 is 6.92. The van der Waals surface area contributed by atoms with Crippen molar-refractivity contribution in [1.82, 2.24) is 14.9 Å². The van der Waals surface area contributed by atoms with Gasteiger partial charge in [-0.15, -0.1) is 5.10 Å². The summed E-state index contributed by atoms with van der Waals surface area (Å²) in [5.74, 6) is -0.718. The number of hydrogen-bond acceptors (Lipinski definition) is 6. The summed E-state index contributed by atoms with van der Waals surface area (Å²) in [6.45, 7) is 1.90. The lowest BCUT2D eigenvalue weighted by Gasteiger charge is -2.18. The van der Waals surface area contributed by atoms with E-state index in [9.17, 15) is 9.59 Å². The number of rotatable bonds is 6. The molecule has 0 radical (unpaired) electrons.